The normalized spacial score (nSPS) is 22.5. The van der Waals surface area contributed by atoms with Crippen LogP contribution in [-0.4, -0.2) is 78.1 Å². The predicted molar refractivity (Wildman–Crippen MR) is 162 cm³/mol. The molecule has 2 unspecified atom stereocenters. The molecule has 0 radical (unpaired) electrons. The monoisotopic (exact) mass is 592 g/mol. The second kappa shape index (κ2) is 13.1. The number of likely N-dealkylation sites (tertiary alicyclic amines) is 2. The molecule has 1 aromatic heterocycles. The average Bonchev–Trinajstić information content (AvgIpc) is 3.70. The van der Waals surface area contributed by atoms with Crippen molar-refractivity contribution in [3.05, 3.63) is 71.9 Å². The van der Waals surface area contributed by atoms with Gasteiger partial charge in [0, 0.05) is 31.2 Å². The van der Waals surface area contributed by atoms with E-state index in [1.54, 1.807) is 24.3 Å². The van der Waals surface area contributed by atoms with Crippen LogP contribution in [0.2, 0.25) is 0 Å². The number of anilines is 1. The maximum atomic E-state index is 13.3. The van der Waals surface area contributed by atoms with E-state index in [9.17, 15) is 18.4 Å². The Hall–Kier alpha value is -3.01. The van der Waals surface area contributed by atoms with Crippen LogP contribution >= 0.6 is 11.5 Å². The third-order valence-electron chi connectivity index (χ3n) is 9.35. The number of ketones is 2. The van der Waals surface area contributed by atoms with Gasteiger partial charge >= 0.3 is 0 Å². The number of benzene rings is 2. The Kier molecular flexibility index (Phi) is 9.07. The Morgan fingerprint density at radius 2 is 1.50 bits per heavy atom. The summed E-state index contributed by atoms with van der Waals surface area (Å²) in [6.07, 6.45) is 5.35. The second-order valence-electron chi connectivity index (χ2n) is 12.1. The van der Waals surface area contributed by atoms with Crippen LogP contribution in [0.1, 0.15) is 42.6 Å². The molecule has 0 bridgehead atoms. The number of rotatable bonds is 9. The van der Waals surface area contributed by atoms with Gasteiger partial charge in [-0.1, -0.05) is 12.1 Å². The van der Waals surface area contributed by atoms with Gasteiger partial charge in [-0.3, -0.25) is 19.4 Å². The van der Waals surface area contributed by atoms with Gasteiger partial charge in [0.1, 0.15) is 17.3 Å². The molecule has 3 saturated heterocycles. The number of nitrogens with zero attached hydrogens (tertiary/aromatic N) is 4. The first kappa shape index (κ1) is 29.1. The summed E-state index contributed by atoms with van der Waals surface area (Å²) >= 11 is 1.27. The standard InChI is InChI=1S/C33H38F2N4O2S/c34-27-5-3-24(4-6-27)33-18-30(36-42-33)32(41)22-37-15-11-23(12-16-37)25-2-1-14-38(19-25)21-31(40)26-13-17-39(20-26)29-9-7-28(35)8-10-29/h3-10,18,23,25-26H,1-2,11-17,19-22H2. The zero-order valence-electron chi connectivity index (χ0n) is 23.9. The fourth-order valence-corrected chi connectivity index (χ4v) is 7.66. The molecular weight excluding hydrogens is 554 g/mol. The van der Waals surface area contributed by atoms with Gasteiger partial charge in [-0.15, -0.1) is 0 Å². The Morgan fingerprint density at radius 1 is 0.786 bits per heavy atom. The van der Waals surface area contributed by atoms with Crippen molar-refractivity contribution in [2.24, 2.45) is 17.8 Å². The van der Waals surface area contributed by atoms with Crippen LogP contribution in [0.5, 0.6) is 0 Å². The van der Waals surface area contributed by atoms with Gasteiger partial charge < -0.3 is 4.90 Å². The van der Waals surface area contributed by atoms with Crippen LogP contribution in [0.3, 0.4) is 0 Å². The van der Waals surface area contributed by atoms with Gasteiger partial charge in [-0.2, -0.15) is 4.37 Å². The largest absolute Gasteiger partial charge is 0.371 e. The van der Waals surface area contributed by atoms with Gasteiger partial charge in [0.05, 0.1) is 18.0 Å². The second-order valence-corrected chi connectivity index (χ2v) is 12.9. The number of halogens is 2. The van der Waals surface area contributed by atoms with Crippen molar-refractivity contribution in [2.45, 2.75) is 32.1 Å². The van der Waals surface area contributed by atoms with Crippen LogP contribution in [0.25, 0.3) is 10.4 Å². The molecule has 3 aliphatic rings. The minimum Gasteiger partial charge on any atom is -0.371 e. The molecule has 3 aliphatic heterocycles. The Bertz CT molecular complexity index is 1370. The summed E-state index contributed by atoms with van der Waals surface area (Å²) in [6, 6.07) is 14.6. The first-order valence-electron chi connectivity index (χ1n) is 15.1. The highest BCUT2D eigenvalue weighted by Crippen LogP contribution is 2.33. The predicted octanol–water partition coefficient (Wildman–Crippen LogP) is 5.79. The molecule has 9 heteroatoms. The van der Waals surface area contributed by atoms with Crippen LogP contribution in [0, 0.1) is 29.4 Å². The number of hydrogen-bond acceptors (Lipinski definition) is 7. The van der Waals surface area contributed by atoms with E-state index in [-0.39, 0.29) is 23.3 Å². The first-order chi connectivity index (χ1) is 20.4. The van der Waals surface area contributed by atoms with Crippen molar-refractivity contribution >= 4 is 28.8 Å². The van der Waals surface area contributed by atoms with Crippen molar-refractivity contribution in [3.63, 3.8) is 0 Å². The Labute approximate surface area is 250 Å². The molecule has 0 amide bonds. The molecule has 0 aliphatic carbocycles. The van der Waals surface area contributed by atoms with E-state index >= 15 is 0 Å². The molecule has 0 spiro atoms. The number of aromatic nitrogens is 1. The minimum absolute atomic E-state index is 0.0327. The lowest BCUT2D eigenvalue weighted by Gasteiger charge is -2.40. The van der Waals surface area contributed by atoms with E-state index < -0.39 is 0 Å². The van der Waals surface area contributed by atoms with E-state index in [0.29, 0.717) is 42.9 Å². The van der Waals surface area contributed by atoms with Gasteiger partial charge in [0.25, 0.3) is 0 Å². The minimum atomic E-state index is -0.280. The fraction of sp³-hybridized carbons (Fsp3) is 0.485. The van der Waals surface area contributed by atoms with E-state index in [1.807, 2.05) is 6.07 Å². The van der Waals surface area contributed by atoms with Gasteiger partial charge in [0.15, 0.2) is 11.6 Å². The SMILES string of the molecule is O=C(CN1CCC(C2CCCN(CC(=O)C3CCN(c4ccc(F)cc4)C3)C2)CC1)c1cc(-c2ccc(F)cc2)sn1. The van der Waals surface area contributed by atoms with Crippen molar-refractivity contribution in [2.75, 3.05) is 57.3 Å². The molecule has 0 saturated carbocycles. The molecule has 0 N–H and O–H groups in total. The number of carbonyl (C=O) groups is 2. The lowest BCUT2D eigenvalue weighted by atomic mass is 9.79. The number of hydrogen-bond donors (Lipinski definition) is 0. The van der Waals surface area contributed by atoms with Crippen molar-refractivity contribution in [1.29, 1.82) is 0 Å². The van der Waals surface area contributed by atoms with Crippen LogP contribution in [-0.2, 0) is 4.79 Å². The molecule has 3 aromatic rings. The molecule has 4 heterocycles. The zero-order chi connectivity index (χ0) is 29.1. The first-order valence-corrected chi connectivity index (χ1v) is 15.9. The lowest BCUT2D eigenvalue weighted by molar-refractivity contribution is -0.124. The molecule has 42 heavy (non-hydrogen) atoms. The third-order valence-corrected chi connectivity index (χ3v) is 10.2. The van der Waals surface area contributed by atoms with Crippen LogP contribution < -0.4 is 4.90 Å². The third kappa shape index (κ3) is 6.96. The zero-order valence-corrected chi connectivity index (χ0v) is 24.7. The van der Waals surface area contributed by atoms with Crippen LogP contribution in [0.4, 0.5) is 14.5 Å². The molecule has 2 aromatic carbocycles. The number of piperidine rings is 2. The highest BCUT2D eigenvalue weighted by Gasteiger charge is 2.34. The smallest absolute Gasteiger partial charge is 0.196 e. The summed E-state index contributed by atoms with van der Waals surface area (Å²) in [6.45, 7) is 6.23. The van der Waals surface area contributed by atoms with Crippen molar-refractivity contribution in [3.8, 4) is 10.4 Å². The summed E-state index contributed by atoms with van der Waals surface area (Å²) in [5.74, 6) is 1.11. The quantitative estimate of drug-likeness (QED) is 0.293. The molecule has 6 rings (SSSR count). The highest BCUT2D eigenvalue weighted by molar-refractivity contribution is 7.09. The van der Waals surface area contributed by atoms with E-state index in [4.69, 9.17) is 0 Å². The fourth-order valence-electron chi connectivity index (χ4n) is 6.90. The van der Waals surface area contributed by atoms with Gasteiger partial charge in [0.2, 0.25) is 0 Å². The maximum Gasteiger partial charge on any atom is 0.196 e. The van der Waals surface area contributed by atoms with Gasteiger partial charge in [-0.05, 0) is 123 Å². The molecule has 222 valence electrons. The summed E-state index contributed by atoms with van der Waals surface area (Å²) in [5.41, 5.74) is 2.34. The van der Waals surface area contributed by atoms with E-state index in [0.717, 1.165) is 74.5 Å². The molecule has 2 atom stereocenters. The Balaban J connectivity index is 0.944. The van der Waals surface area contributed by atoms with Crippen molar-refractivity contribution in [1.82, 2.24) is 14.2 Å². The molecule has 3 fully saturated rings. The number of Topliss-reactive ketones (excluding diaryl/α,β-unsaturated/α-hetero) is 2. The van der Waals surface area contributed by atoms with Gasteiger partial charge in [-0.25, -0.2) is 8.78 Å². The highest BCUT2D eigenvalue weighted by atomic mass is 32.1. The summed E-state index contributed by atoms with van der Waals surface area (Å²) < 4.78 is 30.9. The maximum absolute atomic E-state index is 13.3. The molecule has 6 nitrogen and oxygen atoms in total. The average molecular weight is 593 g/mol. The summed E-state index contributed by atoms with van der Waals surface area (Å²) in [4.78, 5) is 33.8. The topological polar surface area (TPSA) is 56.8 Å². The molecular formula is C33H38F2N4O2S. The summed E-state index contributed by atoms with van der Waals surface area (Å²) in [7, 11) is 0. The van der Waals surface area contributed by atoms with E-state index in [2.05, 4.69) is 19.1 Å². The van der Waals surface area contributed by atoms with E-state index in [1.165, 1.54) is 42.2 Å². The number of carbonyl (C=O) groups excluding carboxylic acids is 2. The van der Waals surface area contributed by atoms with Crippen LogP contribution in [0.15, 0.2) is 54.6 Å². The Morgan fingerprint density at radius 3 is 2.24 bits per heavy atom. The summed E-state index contributed by atoms with van der Waals surface area (Å²) in [5, 5.41) is 0. The van der Waals surface area contributed by atoms with Crippen molar-refractivity contribution < 1.29 is 18.4 Å². The lowest BCUT2D eigenvalue weighted by Crippen LogP contribution is -2.45.